The summed E-state index contributed by atoms with van der Waals surface area (Å²) in [6, 6.07) is 16.5. The third-order valence-electron chi connectivity index (χ3n) is 4.84. The van der Waals surface area contributed by atoms with E-state index in [1.807, 2.05) is 32.2 Å². The van der Waals surface area contributed by atoms with Crippen LogP contribution < -0.4 is 4.74 Å². The van der Waals surface area contributed by atoms with E-state index in [-0.39, 0.29) is 12.2 Å². The molecular formula is C24H19Cl2NO2. The highest BCUT2D eigenvalue weighted by Gasteiger charge is 2.15. The molecular weight excluding hydrogens is 405 g/mol. The lowest BCUT2D eigenvalue weighted by Crippen LogP contribution is -2.05. The highest BCUT2D eigenvalue weighted by Crippen LogP contribution is 2.31. The minimum atomic E-state index is 0.0444. The van der Waals surface area contributed by atoms with Crippen LogP contribution in [0.25, 0.3) is 10.9 Å². The monoisotopic (exact) mass is 423 g/mol. The largest absolute Gasteiger partial charge is 0.456 e. The average molecular weight is 424 g/mol. The maximum Gasteiger partial charge on any atom is 0.169 e. The minimum absolute atomic E-state index is 0.0444. The number of hydrogen-bond acceptors (Lipinski definition) is 2. The zero-order chi connectivity index (χ0) is 20.5. The van der Waals surface area contributed by atoms with E-state index in [0.717, 1.165) is 27.6 Å². The Morgan fingerprint density at radius 2 is 1.76 bits per heavy atom. The van der Waals surface area contributed by atoms with Crippen LogP contribution in [-0.2, 0) is 6.42 Å². The number of carbonyl (C=O) groups is 1. The number of nitrogens with one attached hydrogen (secondary N) is 1. The number of H-pyrrole nitrogens is 1. The zero-order valence-electron chi connectivity index (χ0n) is 16.1. The molecule has 0 spiro atoms. The second-order valence-corrected chi connectivity index (χ2v) is 7.97. The number of aromatic amines is 1. The molecule has 3 nitrogen and oxygen atoms in total. The molecule has 0 bridgehead atoms. The summed E-state index contributed by atoms with van der Waals surface area (Å²) in [5, 5.41) is 2.17. The van der Waals surface area contributed by atoms with Crippen LogP contribution in [0.15, 0.2) is 60.8 Å². The molecule has 4 rings (SSSR count). The van der Waals surface area contributed by atoms with E-state index in [0.29, 0.717) is 27.1 Å². The van der Waals surface area contributed by atoms with Gasteiger partial charge in [0.1, 0.15) is 11.5 Å². The number of aryl methyl sites for hydroxylation is 2. The van der Waals surface area contributed by atoms with Crippen molar-refractivity contribution >= 4 is 39.9 Å². The Bertz CT molecular complexity index is 1210. The van der Waals surface area contributed by atoms with E-state index in [1.165, 1.54) is 0 Å². The van der Waals surface area contributed by atoms with Crippen LogP contribution in [0.3, 0.4) is 0 Å². The molecule has 29 heavy (non-hydrogen) atoms. The van der Waals surface area contributed by atoms with Gasteiger partial charge in [0.25, 0.3) is 0 Å². The molecule has 1 N–H and O–H groups in total. The summed E-state index contributed by atoms with van der Waals surface area (Å²) in [6.45, 7) is 4.04. The number of ether oxygens (including phenoxy) is 1. The van der Waals surface area contributed by atoms with Crippen LogP contribution in [0.5, 0.6) is 11.5 Å². The minimum Gasteiger partial charge on any atom is -0.456 e. The fourth-order valence-electron chi connectivity index (χ4n) is 3.38. The number of carbonyl (C=O) groups excluding carboxylic acids is 1. The van der Waals surface area contributed by atoms with Gasteiger partial charge in [-0.1, -0.05) is 29.3 Å². The first-order valence-corrected chi connectivity index (χ1v) is 9.99. The molecule has 0 atom stereocenters. The molecule has 0 fully saturated rings. The summed E-state index contributed by atoms with van der Waals surface area (Å²) in [7, 11) is 0. The van der Waals surface area contributed by atoms with E-state index in [1.54, 1.807) is 36.4 Å². The van der Waals surface area contributed by atoms with Gasteiger partial charge in [0.15, 0.2) is 5.78 Å². The number of Topliss-reactive ketones (excluding diaryl/α,β-unsaturated/α-hetero) is 1. The molecule has 4 aromatic rings. The number of benzene rings is 3. The number of rotatable bonds is 5. The van der Waals surface area contributed by atoms with E-state index in [9.17, 15) is 4.79 Å². The van der Waals surface area contributed by atoms with Crippen LogP contribution >= 0.6 is 23.2 Å². The van der Waals surface area contributed by atoms with E-state index >= 15 is 0 Å². The van der Waals surface area contributed by atoms with Gasteiger partial charge in [-0.3, -0.25) is 4.79 Å². The smallest absolute Gasteiger partial charge is 0.169 e. The van der Waals surface area contributed by atoms with Crippen LogP contribution in [0.1, 0.15) is 27.0 Å². The standard InChI is InChI=1S/C24H19Cl2NO2/c1-14-9-19-15(2)13-27-24(19)20(10-14)22(28)12-16-3-8-23(21(26)11-16)29-18-6-4-17(25)5-7-18/h3-11,13,27H,12H2,1-2H3. The Kier molecular flexibility index (Phi) is 5.35. The van der Waals surface area contributed by atoms with Gasteiger partial charge in [-0.25, -0.2) is 0 Å². The Hall–Kier alpha value is -2.75. The SMILES string of the molecule is Cc1cc(C(=O)Cc2ccc(Oc3ccc(Cl)cc3)c(Cl)c2)c2[nH]cc(C)c2c1. The maximum atomic E-state index is 13.0. The Morgan fingerprint density at radius 1 is 1.00 bits per heavy atom. The van der Waals surface area contributed by atoms with Gasteiger partial charge < -0.3 is 9.72 Å². The van der Waals surface area contributed by atoms with Crippen molar-refractivity contribution in [1.82, 2.24) is 4.98 Å². The van der Waals surface area contributed by atoms with Gasteiger partial charge in [-0.15, -0.1) is 0 Å². The van der Waals surface area contributed by atoms with Gasteiger partial charge in [0, 0.05) is 28.6 Å². The second-order valence-electron chi connectivity index (χ2n) is 7.13. The molecule has 1 heterocycles. The Morgan fingerprint density at radius 3 is 2.48 bits per heavy atom. The summed E-state index contributed by atoms with van der Waals surface area (Å²) in [5.74, 6) is 1.22. The van der Waals surface area contributed by atoms with Gasteiger partial charge in [-0.2, -0.15) is 0 Å². The predicted molar refractivity (Wildman–Crippen MR) is 119 cm³/mol. The molecule has 0 amide bonds. The Balaban J connectivity index is 1.56. The van der Waals surface area contributed by atoms with Gasteiger partial charge in [0.05, 0.1) is 10.5 Å². The summed E-state index contributed by atoms with van der Waals surface area (Å²) >= 11 is 12.3. The number of hydrogen-bond donors (Lipinski definition) is 1. The van der Waals surface area contributed by atoms with Crippen LogP contribution in [0, 0.1) is 13.8 Å². The molecule has 1 aromatic heterocycles. The quantitative estimate of drug-likeness (QED) is 0.341. The van der Waals surface area contributed by atoms with Crippen molar-refractivity contribution in [3.05, 3.63) is 93.1 Å². The highest BCUT2D eigenvalue weighted by molar-refractivity contribution is 6.32. The van der Waals surface area contributed by atoms with Crippen LogP contribution in [0.4, 0.5) is 0 Å². The van der Waals surface area contributed by atoms with Crippen LogP contribution in [-0.4, -0.2) is 10.8 Å². The highest BCUT2D eigenvalue weighted by atomic mass is 35.5. The second kappa shape index (κ2) is 7.94. The topological polar surface area (TPSA) is 42.1 Å². The average Bonchev–Trinajstić information content (AvgIpc) is 3.05. The Labute approximate surface area is 179 Å². The predicted octanol–water partition coefficient (Wildman–Crippen LogP) is 7.31. The summed E-state index contributed by atoms with van der Waals surface area (Å²) in [5.41, 5.74) is 4.61. The number of halogens is 2. The molecule has 146 valence electrons. The fourth-order valence-corrected chi connectivity index (χ4v) is 3.75. The first-order chi connectivity index (χ1) is 13.9. The molecule has 0 aliphatic heterocycles. The van der Waals surface area contributed by atoms with Crippen molar-refractivity contribution in [2.75, 3.05) is 0 Å². The molecule has 0 aliphatic carbocycles. The molecule has 5 heteroatoms. The molecule has 0 saturated carbocycles. The summed E-state index contributed by atoms with van der Waals surface area (Å²) in [4.78, 5) is 16.2. The number of aromatic nitrogens is 1. The molecule has 0 saturated heterocycles. The van der Waals surface area contributed by atoms with Crippen molar-refractivity contribution in [2.24, 2.45) is 0 Å². The first kappa shape index (κ1) is 19.6. The summed E-state index contributed by atoms with van der Waals surface area (Å²) < 4.78 is 5.80. The van der Waals surface area contributed by atoms with Crippen molar-refractivity contribution in [2.45, 2.75) is 20.3 Å². The van der Waals surface area contributed by atoms with Gasteiger partial charge in [-0.05, 0) is 79.1 Å². The molecule has 3 aromatic carbocycles. The number of ketones is 1. The molecule has 0 aliphatic rings. The van der Waals surface area contributed by atoms with Crippen molar-refractivity contribution in [3.8, 4) is 11.5 Å². The van der Waals surface area contributed by atoms with Crippen molar-refractivity contribution < 1.29 is 9.53 Å². The van der Waals surface area contributed by atoms with Crippen LogP contribution in [0.2, 0.25) is 10.0 Å². The van der Waals surface area contributed by atoms with Gasteiger partial charge in [0.2, 0.25) is 0 Å². The van der Waals surface area contributed by atoms with Gasteiger partial charge >= 0.3 is 0 Å². The lowest BCUT2D eigenvalue weighted by Gasteiger charge is -2.10. The zero-order valence-corrected chi connectivity index (χ0v) is 17.6. The van der Waals surface area contributed by atoms with Crippen molar-refractivity contribution in [1.29, 1.82) is 0 Å². The lowest BCUT2D eigenvalue weighted by atomic mass is 9.98. The summed E-state index contributed by atoms with van der Waals surface area (Å²) in [6.07, 6.45) is 2.19. The molecule has 0 unspecified atom stereocenters. The first-order valence-electron chi connectivity index (χ1n) is 9.24. The van der Waals surface area contributed by atoms with E-state index in [4.69, 9.17) is 27.9 Å². The number of fused-ring (bicyclic) bond motifs is 1. The van der Waals surface area contributed by atoms with E-state index < -0.39 is 0 Å². The van der Waals surface area contributed by atoms with Crippen molar-refractivity contribution in [3.63, 3.8) is 0 Å². The molecule has 0 radical (unpaired) electrons. The van der Waals surface area contributed by atoms with E-state index in [2.05, 4.69) is 11.1 Å². The normalized spacial score (nSPS) is 11.0. The fraction of sp³-hybridized carbons (Fsp3) is 0.125. The third-order valence-corrected chi connectivity index (χ3v) is 5.39. The maximum absolute atomic E-state index is 13.0. The lowest BCUT2D eigenvalue weighted by molar-refractivity contribution is 0.0994. The third kappa shape index (κ3) is 4.16.